The first-order chi connectivity index (χ1) is 11.3. The van der Waals surface area contributed by atoms with E-state index < -0.39 is 23.4 Å². The lowest BCUT2D eigenvalue weighted by atomic mass is 9.61. The van der Waals surface area contributed by atoms with Gasteiger partial charge in [-0.2, -0.15) is 0 Å². The molecule has 0 spiro atoms. The number of nitrogens with one attached hydrogen (secondary N) is 1. The number of carboxylic acids is 2. The third-order valence-electron chi connectivity index (χ3n) is 5.33. The second-order valence-electron chi connectivity index (χ2n) is 6.68. The Kier molecular flexibility index (Phi) is 3.87. The van der Waals surface area contributed by atoms with Gasteiger partial charge in [0.05, 0.1) is 6.10 Å². The van der Waals surface area contributed by atoms with Crippen molar-refractivity contribution in [2.75, 3.05) is 7.11 Å². The van der Waals surface area contributed by atoms with Crippen LogP contribution in [0.4, 0.5) is 0 Å². The minimum atomic E-state index is -1.66. The van der Waals surface area contributed by atoms with Crippen molar-refractivity contribution in [3.05, 3.63) is 47.7 Å². The SMILES string of the molecule is C=C1NC(C)(C(=O)O)C(C(=O)O)C2=C3C=CC=CC3CC(OC)C12. The number of fused-ring (bicyclic) bond motifs is 2. The molecule has 6 nitrogen and oxygen atoms in total. The van der Waals surface area contributed by atoms with Crippen LogP contribution in [0, 0.1) is 17.8 Å². The number of carbonyl (C=O) groups is 2. The second kappa shape index (κ2) is 5.63. The molecule has 0 aromatic carbocycles. The molecule has 128 valence electrons. The Bertz CT molecular complexity index is 704. The smallest absolute Gasteiger partial charge is 0.330 e. The van der Waals surface area contributed by atoms with Crippen molar-refractivity contribution in [1.82, 2.24) is 5.32 Å². The van der Waals surface area contributed by atoms with Gasteiger partial charge in [-0.1, -0.05) is 30.9 Å². The normalized spacial score (nSPS) is 37.5. The van der Waals surface area contributed by atoms with Gasteiger partial charge in [-0.3, -0.25) is 4.79 Å². The first-order valence-electron chi connectivity index (χ1n) is 7.86. The molecule has 5 atom stereocenters. The fourth-order valence-corrected chi connectivity index (χ4v) is 4.21. The van der Waals surface area contributed by atoms with E-state index in [1.54, 1.807) is 7.11 Å². The number of methoxy groups -OCH3 is 1. The maximum Gasteiger partial charge on any atom is 0.330 e. The Labute approximate surface area is 140 Å². The molecule has 3 N–H and O–H groups in total. The predicted octanol–water partition coefficient (Wildman–Crippen LogP) is 1.72. The quantitative estimate of drug-likeness (QED) is 0.729. The van der Waals surface area contributed by atoms with Crippen LogP contribution in [0.2, 0.25) is 0 Å². The molecular formula is C18H21NO5. The zero-order valence-electron chi connectivity index (χ0n) is 13.7. The van der Waals surface area contributed by atoms with Gasteiger partial charge in [0, 0.05) is 24.6 Å². The number of aliphatic carboxylic acids is 2. The van der Waals surface area contributed by atoms with Gasteiger partial charge in [0.15, 0.2) is 0 Å². The van der Waals surface area contributed by atoms with Gasteiger partial charge in [-0.15, -0.1) is 0 Å². The number of allylic oxidation sites excluding steroid dienone is 5. The van der Waals surface area contributed by atoms with Crippen LogP contribution in [0.1, 0.15) is 13.3 Å². The van der Waals surface area contributed by atoms with Crippen molar-refractivity contribution >= 4 is 11.9 Å². The molecule has 5 unspecified atom stereocenters. The summed E-state index contributed by atoms with van der Waals surface area (Å²) in [5.74, 6) is -3.90. The van der Waals surface area contributed by atoms with E-state index in [1.807, 2.05) is 24.3 Å². The third-order valence-corrected chi connectivity index (χ3v) is 5.33. The van der Waals surface area contributed by atoms with E-state index in [4.69, 9.17) is 4.74 Å². The molecular weight excluding hydrogens is 310 g/mol. The highest BCUT2D eigenvalue weighted by Gasteiger charge is 2.57. The summed E-state index contributed by atoms with van der Waals surface area (Å²) in [7, 11) is 1.59. The summed E-state index contributed by atoms with van der Waals surface area (Å²) >= 11 is 0. The zero-order chi connectivity index (χ0) is 17.6. The van der Waals surface area contributed by atoms with E-state index in [0.717, 1.165) is 5.57 Å². The molecule has 2 aliphatic carbocycles. The lowest BCUT2D eigenvalue weighted by Gasteiger charge is -2.50. The van der Waals surface area contributed by atoms with Crippen molar-refractivity contribution in [3.8, 4) is 0 Å². The number of carboxylic acid groups (broad SMARTS) is 2. The molecule has 1 fully saturated rings. The minimum absolute atomic E-state index is 0.0250. The highest BCUT2D eigenvalue weighted by atomic mass is 16.5. The molecule has 1 heterocycles. The van der Waals surface area contributed by atoms with E-state index in [1.165, 1.54) is 6.92 Å². The number of ether oxygens (including phenoxy) is 1. The molecule has 0 aromatic rings. The van der Waals surface area contributed by atoms with Crippen molar-refractivity contribution in [3.63, 3.8) is 0 Å². The molecule has 3 aliphatic rings. The largest absolute Gasteiger partial charge is 0.481 e. The first kappa shape index (κ1) is 16.5. The molecule has 6 heteroatoms. The molecule has 3 rings (SSSR count). The Morgan fingerprint density at radius 1 is 1.38 bits per heavy atom. The Morgan fingerprint density at radius 2 is 2.08 bits per heavy atom. The van der Waals surface area contributed by atoms with Crippen molar-refractivity contribution in [2.45, 2.75) is 25.0 Å². The second-order valence-corrected chi connectivity index (χ2v) is 6.68. The van der Waals surface area contributed by atoms with Crippen LogP contribution in [0.25, 0.3) is 0 Å². The van der Waals surface area contributed by atoms with E-state index in [2.05, 4.69) is 11.9 Å². The lowest BCUT2D eigenvalue weighted by molar-refractivity contribution is -0.156. The fourth-order valence-electron chi connectivity index (χ4n) is 4.21. The summed E-state index contributed by atoms with van der Waals surface area (Å²) in [5, 5.41) is 22.4. The van der Waals surface area contributed by atoms with E-state index in [9.17, 15) is 19.8 Å². The Balaban J connectivity index is 2.26. The first-order valence-corrected chi connectivity index (χ1v) is 7.86. The van der Waals surface area contributed by atoms with Gasteiger partial charge >= 0.3 is 11.9 Å². The monoisotopic (exact) mass is 331 g/mol. The van der Waals surface area contributed by atoms with E-state index in [0.29, 0.717) is 17.7 Å². The van der Waals surface area contributed by atoms with Crippen LogP contribution in [0.5, 0.6) is 0 Å². The van der Waals surface area contributed by atoms with Crippen molar-refractivity contribution < 1.29 is 24.5 Å². The standard InChI is InChI=1S/C18H21NO5/c1-9-13-12(24-3)8-10-6-4-5-7-11(10)14(13)15(16(20)21)18(2,19-9)17(22)23/h4-7,10,12-13,15,19H,1,8H2,2-3H3,(H,20,21)(H,22,23). The molecule has 0 saturated carbocycles. The zero-order valence-corrected chi connectivity index (χ0v) is 13.7. The Morgan fingerprint density at radius 3 is 2.67 bits per heavy atom. The highest BCUT2D eigenvalue weighted by molar-refractivity contribution is 5.90. The summed E-state index contributed by atoms with van der Waals surface area (Å²) in [6.07, 6.45) is 8.12. The minimum Gasteiger partial charge on any atom is -0.481 e. The number of rotatable bonds is 3. The van der Waals surface area contributed by atoms with Crippen LogP contribution in [-0.2, 0) is 14.3 Å². The summed E-state index contributed by atoms with van der Waals surface area (Å²) < 4.78 is 5.60. The topological polar surface area (TPSA) is 95.9 Å². The molecule has 1 saturated heterocycles. The van der Waals surface area contributed by atoms with Crippen LogP contribution in [0.15, 0.2) is 47.7 Å². The summed E-state index contributed by atoms with van der Waals surface area (Å²) in [6, 6.07) is 0. The fraction of sp³-hybridized carbons (Fsp3) is 0.444. The average molecular weight is 331 g/mol. The van der Waals surface area contributed by atoms with Crippen molar-refractivity contribution in [1.29, 1.82) is 0 Å². The van der Waals surface area contributed by atoms with Gasteiger partial charge in [0.2, 0.25) is 0 Å². The number of hydrogen-bond acceptors (Lipinski definition) is 4. The van der Waals surface area contributed by atoms with Gasteiger partial charge < -0.3 is 20.3 Å². The van der Waals surface area contributed by atoms with Gasteiger partial charge in [0.25, 0.3) is 0 Å². The predicted molar refractivity (Wildman–Crippen MR) is 87.1 cm³/mol. The maximum absolute atomic E-state index is 12.1. The molecule has 0 amide bonds. The average Bonchev–Trinajstić information content (AvgIpc) is 2.53. The van der Waals surface area contributed by atoms with Crippen LogP contribution < -0.4 is 5.32 Å². The van der Waals surface area contributed by atoms with Gasteiger partial charge in [-0.05, 0) is 24.5 Å². The van der Waals surface area contributed by atoms with Gasteiger partial charge in [0.1, 0.15) is 11.5 Å². The molecule has 24 heavy (non-hydrogen) atoms. The van der Waals surface area contributed by atoms with Crippen molar-refractivity contribution in [2.24, 2.45) is 17.8 Å². The number of hydrogen-bond donors (Lipinski definition) is 3. The molecule has 0 radical (unpaired) electrons. The van der Waals surface area contributed by atoms with Crippen LogP contribution >= 0.6 is 0 Å². The maximum atomic E-state index is 12.1. The lowest BCUT2D eigenvalue weighted by Crippen LogP contribution is -2.64. The summed E-state index contributed by atoms with van der Waals surface area (Å²) in [6.45, 7) is 5.38. The molecule has 1 aliphatic heterocycles. The molecule has 0 bridgehead atoms. The Hall–Kier alpha value is -2.34. The highest BCUT2D eigenvalue weighted by Crippen LogP contribution is 2.49. The van der Waals surface area contributed by atoms with Crippen LogP contribution in [0.3, 0.4) is 0 Å². The third kappa shape index (κ3) is 2.21. The van der Waals surface area contributed by atoms with E-state index in [-0.39, 0.29) is 17.9 Å². The van der Waals surface area contributed by atoms with Crippen LogP contribution in [-0.4, -0.2) is 40.9 Å². The summed E-state index contributed by atoms with van der Waals surface area (Å²) in [4.78, 5) is 23.9. The van der Waals surface area contributed by atoms with E-state index >= 15 is 0 Å². The molecule has 0 aromatic heterocycles. The summed E-state index contributed by atoms with van der Waals surface area (Å²) in [5.41, 5.74) is 0.308. The number of piperidine rings is 1. The van der Waals surface area contributed by atoms with Gasteiger partial charge in [-0.25, -0.2) is 4.79 Å².